The van der Waals surface area contributed by atoms with Crippen molar-refractivity contribution in [3.8, 4) is 17.2 Å². The molecular weight excluding hydrogens is 464 g/mol. The first-order valence-corrected chi connectivity index (χ1v) is 12.3. The van der Waals surface area contributed by atoms with E-state index in [0.717, 1.165) is 24.7 Å². The van der Waals surface area contributed by atoms with Crippen LogP contribution in [0, 0.1) is 0 Å². The van der Waals surface area contributed by atoms with Gasteiger partial charge in [0.25, 0.3) is 0 Å². The molecule has 1 aliphatic heterocycles. The fourth-order valence-electron chi connectivity index (χ4n) is 4.54. The summed E-state index contributed by atoms with van der Waals surface area (Å²) in [6, 6.07) is 20.0. The van der Waals surface area contributed by atoms with Gasteiger partial charge in [0.15, 0.2) is 0 Å². The second-order valence-corrected chi connectivity index (χ2v) is 8.97. The Labute approximate surface area is 211 Å². The number of halogens is 1. The third-order valence-corrected chi connectivity index (χ3v) is 6.36. The topological polar surface area (TPSA) is 61.8 Å². The first-order chi connectivity index (χ1) is 17.0. The molecular formula is C29H29ClO5. The molecule has 1 heterocycles. The van der Waals surface area contributed by atoms with E-state index < -0.39 is 11.5 Å². The summed E-state index contributed by atoms with van der Waals surface area (Å²) in [6.45, 7) is 5.00. The van der Waals surface area contributed by atoms with Crippen molar-refractivity contribution >= 4 is 23.7 Å². The Hall–Kier alpha value is -3.31. The van der Waals surface area contributed by atoms with Crippen LogP contribution in [0.4, 0.5) is 0 Å². The Kier molecular flexibility index (Phi) is 7.76. The van der Waals surface area contributed by atoms with Crippen molar-refractivity contribution in [2.75, 3.05) is 13.2 Å². The monoisotopic (exact) mass is 492 g/mol. The number of fused-ring (bicyclic) bond motifs is 1. The van der Waals surface area contributed by atoms with Crippen LogP contribution in [0.5, 0.6) is 17.2 Å². The molecule has 0 N–H and O–H groups in total. The molecule has 2 atom stereocenters. The first kappa shape index (κ1) is 24.8. The van der Waals surface area contributed by atoms with Crippen LogP contribution in [-0.2, 0) is 10.4 Å². The van der Waals surface area contributed by atoms with E-state index in [2.05, 4.69) is 0 Å². The SMILES string of the molecule is CCCOc1cc(OCCC)c2c(c1)OC(c1ccc(Cl)cc1)(C(CC=O)c1ccccc1)C2=O. The Morgan fingerprint density at radius 2 is 1.66 bits per heavy atom. The highest BCUT2D eigenvalue weighted by atomic mass is 35.5. The number of aldehydes is 1. The lowest BCUT2D eigenvalue weighted by atomic mass is 9.72. The van der Waals surface area contributed by atoms with E-state index in [-0.39, 0.29) is 12.2 Å². The zero-order valence-electron chi connectivity index (χ0n) is 20.0. The summed E-state index contributed by atoms with van der Waals surface area (Å²) in [4.78, 5) is 26.3. The molecule has 35 heavy (non-hydrogen) atoms. The van der Waals surface area contributed by atoms with Crippen molar-refractivity contribution < 1.29 is 23.8 Å². The van der Waals surface area contributed by atoms with Crippen molar-refractivity contribution in [1.29, 1.82) is 0 Å². The summed E-state index contributed by atoms with van der Waals surface area (Å²) in [7, 11) is 0. The smallest absolute Gasteiger partial charge is 0.219 e. The molecule has 5 nitrogen and oxygen atoms in total. The molecule has 4 rings (SSSR count). The number of ether oxygens (including phenoxy) is 3. The largest absolute Gasteiger partial charge is 0.493 e. The van der Waals surface area contributed by atoms with E-state index >= 15 is 0 Å². The predicted octanol–water partition coefficient (Wildman–Crippen LogP) is 6.76. The lowest BCUT2D eigenvalue weighted by Gasteiger charge is -2.35. The summed E-state index contributed by atoms with van der Waals surface area (Å²) in [5, 5.41) is 0.542. The second-order valence-electron chi connectivity index (χ2n) is 8.53. The van der Waals surface area contributed by atoms with Crippen molar-refractivity contribution in [1.82, 2.24) is 0 Å². The van der Waals surface area contributed by atoms with Crippen molar-refractivity contribution in [3.63, 3.8) is 0 Å². The summed E-state index contributed by atoms with van der Waals surface area (Å²) < 4.78 is 18.5. The van der Waals surface area contributed by atoms with Crippen LogP contribution in [-0.4, -0.2) is 25.3 Å². The molecule has 0 amide bonds. The van der Waals surface area contributed by atoms with Gasteiger partial charge in [-0.1, -0.05) is 67.9 Å². The van der Waals surface area contributed by atoms with E-state index in [0.29, 0.717) is 46.6 Å². The van der Waals surface area contributed by atoms with E-state index in [1.165, 1.54) is 0 Å². The highest BCUT2D eigenvalue weighted by Crippen LogP contribution is 2.54. The standard InChI is InChI=1S/C29H29ClO5/c1-3-16-33-23-18-25(34-17-4-2)27-26(19-23)35-29(28(27)32,21-10-12-22(30)13-11-21)24(14-15-31)20-8-6-5-7-9-20/h5-13,15,18-19,24H,3-4,14,16-17H2,1-2H3. The van der Waals surface area contributed by atoms with Gasteiger partial charge in [0.05, 0.1) is 13.2 Å². The maximum atomic E-state index is 14.4. The number of carbonyl (C=O) groups is 2. The molecule has 0 aliphatic carbocycles. The molecule has 3 aromatic carbocycles. The average Bonchev–Trinajstić information content (AvgIpc) is 3.18. The van der Waals surface area contributed by atoms with Crippen LogP contribution in [0.3, 0.4) is 0 Å². The maximum Gasteiger partial charge on any atom is 0.219 e. The minimum absolute atomic E-state index is 0.0940. The molecule has 182 valence electrons. The molecule has 0 aromatic heterocycles. The van der Waals surface area contributed by atoms with Gasteiger partial charge in [-0.05, 0) is 30.5 Å². The lowest BCUT2D eigenvalue weighted by Crippen LogP contribution is -2.43. The average molecular weight is 493 g/mol. The van der Waals surface area contributed by atoms with Crippen LogP contribution >= 0.6 is 11.6 Å². The highest BCUT2D eigenvalue weighted by molar-refractivity contribution is 6.30. The van der Waals surface area contributed by atoms with Crippen LogP contribution in [0.1, 0.15) is 60.5 Å². The van der Waals surface area contributed by atoms with E-state index in [1.54, 1.807) is 36.4 Å². The van der Waals surface area contributed by atoms with Crippen molar-refractivity contribution in [2.24, 2.45) is 0 Å². The third-order valence-electron chi connectivity index (χ3n) is 6.11. The van der Waals surface area contributed by atoms with Crippen LogP contribution in [0.15, 0.2) is 66.7 Å². The molecule has 6 heteroatoms. The molecule has 1 aliphatic rings. The van der Waals surface area contributed by atoms with E-state index in [1.807, 2.05) is 44.2 Å². The highest BCUT2D eigenvalue weighted by Gasteiger charge is 2.56. The van der Waals surface area contributed by atoms with Gasteiger partial charge >= 0.3 is 0 Å². The lowest BCUT2D eigenvalue weighted by molar-refractivity contribution is -0.109. The van der Waals surface area contributed by atoms with Crippen molar-refractivity contribution in [3.05, 3.63) is 88.4 Å². The van der Waals surface area contributed by atoms with Gasteiger partial charge in [0.1, 0.15) is 29.1 Å². The van der Waals surface area contributed by atoms with Crippen LogP contribution in [0.2, 0.25) is 5.02 Å². The Morgan fingerprint density at radius 1 is 0.971 bits per heavy atom. The number of Topliss-reactive ketones (excluding diaryl/α,β-unsaturated/α-hetero) is 1. The molecule has 0 fully saturated rings. The summed E-state index contributed by atoms with van der Waals surface area (Å²) in [6.07, 6.45) is 2.55. The Bertz CT molecular complexity index is 1180. The molecule has 2 unspecified atom stereocenters. The number of hydrogen-bond donors (Lipinski definition) is 0. The Morgan fingerprint density at radius 3 is 2.31 bits per heavy atom. The zero-order chi connectivity index (χ0) is 24.8. The minimum atomic E-state index is -1.47. The molecule has 0 saturated carbocycles. The van der Waals surface area contributed by atoms with E-state index in [4.69, 9.17) is 25.8 Å². The number of benzene rings is 3. The quantitative estimate of drug-likeness (QED) is 0.277. The van der Waals surface area contributed by atoms with Crippen LogP contribution in [0.25, 0.3) is 0 Å². The maximum absolute atomic E-state index is 14.4. The fraction of sp³-hybridized carbons (Fsp3) is 0.310. The molecule has 0 bridgehead atoms. The van der Waals surface area contributed by atoms with Crippen LogP contribution < -0.4 is 14.2 Å². The minimum Gasteiger partial charge on any atom is -0.493 e. The van der Waals surface area contributed by atoms with Gasteiger partial charge in [0, 0.05) is 35.1 Å². The summed E-state index contributed by atoms with van der Waals surface area (Å²) in [5.74, 6) is 0.564. The molecule has 0 radical (unpaired) electrons. The van der Waals surface area contributed by atoms with Gasteiger partial charge in [-0.15, -0.1) is 0 Å². The van der Waals surface area contributed by atoms with Gasteiger partial charge in [-0.3, -0.25) is 4.79 Å². The van der Waals surface area contributed by atoms with Gasteiger partial charge in [0.2, 0.25) is 11.4 Å². The van der Waals surface area contributed by atoms with Crippen molar-refractivity contribution in [2.45, 2.75) is 44.6 Å². The fourth-order valence-corrected chi connectivity index (χ4v) is 4.67. The first-order valence-electron chi connectivity index (χ1n) is 12.0. The normalized spacial score (nSPS) is 17.4. The molecule has 0 saturated heterocycles. The zero-order valence-corrected chi connectivity index (χ0v) is 20.7. The summed E-state index contributed by atoms with van der Waals surface area (Å²) >= 11 is 6.18. The summed E-state index contributed by atoms with van der Waals surface area (Å²) in [5.41, 5.74) is 0.345. The predicted molar refractivity (Wildman–Crippen MR) is 136 cm³/mol. The third kappa shape index (κ3) is 4.78. The number of carbonyl (C=O) groups excluding carboxylic acids is 2. The van der Waals surface area contributed by atoms with Gasteiger partial charge < -0.3 is 19.0 Å². The molecule has 0 spiro atoms. The number of hydrogen-bond acceptors (Lipinski definition) is 5. The number of rotatable bonds is 11. The molecule has 3 aromatic rings. The second kappa shape index (κ2) is 11.0. The van der Waals surface area contributed by atoms with Gasteiger partial charge in [-0.2, -0.15) is 0 Å². The Balaban J connectivity index is 1.93. The van der Waals surface area contributed by atoms with Gasteiger partial charge in [-0.25, -0.2) is 0 Å². The van der Waals surface area contributed by atoms with E-state index in [9.17, 15) is 9.59 Å². The number of ketones is 1.